The van der Waals surface area contributed by atoms with Crippen molar-refractivity contribution in [2.75, 3.05) is 6.54 Å². The van der Waals surface area contributed by atoms with Crippen LogP contribution in [0.4, 0.5) is 0 Å². The number of aromatic amines is 1. The predicted octanol–water partition coefficient (Wildman–Crippen LogP) is 2.65. The van der Waals surface area contributed by atoms with E-state index in [2.05, 4.69) is 20.6 Å². The summed E-state index contributed by atoms with van der Waals surface area (Å²) in [6.45, 7) is 3.07. The Hall–Kier alpha value is -2.54. The molecule has 0 bridgehead atoms. The highest BCUT2D eigenvalue weighted by Crippen LogP contribution is 2.17. The number of furan rings is 1. The molecule has 23 heavy (non-hydrogen) atoms. The summed E-state index contributed by atoms with van der Waals surface area (Å²) in [6.07, 6.45) is 4.10. The average Bonchev–Trinajstić information content (AvgIpc) is 3.25. The van der Waals surface area contributed by atoms with Crippen molar-refractivity contribution in [2.45, 2.75) is 19.9 Å². The van der Waals surface area contributed by atoms with Crippen LogP contribution in [0.1, 0.15) is 22.6 Å². The third-order valence-electron chi connectivity index (χ3n) is 3.33. The van der Waals surface area contributed by atoms with E-state index in [0.717, 1.165) is 12.1 Å². The average molecular weight is 334 g/mol. The van der Waals surface area contributed by atoms with Gasteiger partial charge < -0.3 is 9.73 Å². The number of carbonyl (C=O) groups is 1. The van der Waals surface area contributed by atoms with Crippen LogP contribution in [-0.4, -0.2) is 32.4 Å². The van der Waals surface area contributed by atoms with Crippen LogP contribution in [-0.2, 0) is 6.54 Å². The lowest BCUT2D eigenvalue weighted by molar-refractivity contribution is 0.0947. The highest BCUT2D eigenvalue weighted by Gasteiger charge is 2.12. The van der Waals surface area contributed by atoms with Crippen LogP contribution in [0.2, 0.25) is 5.02 Å². The molecule has 0 aromatic carbocycles. The zero-order valence-corrected chi connectivity index (χ0v) is 13.3. The summed E-state index contributed by atoms with van der Waals surface area (Å²) < 4.78 is 7.02. The number of hydrogen-bond acceptors (Lipinski definition) is 4. The van der Waals surface area contributed by atoms with E-state index in [1.165, 1.54) is 0 Å². The molecule has 0 aliphatic carbocycles. The summed E-state index contributed by atoms with van der Waals surface area (Å²) in [4.78, 5) is 12.0. The number of carbonyl (C=O) groups excluding carboxylic acids is 1. The van der Waals surface area contributed by atoms with Gasteiger partial charge in [0.05, 0.1) is 17.0 Å². The number of H-pyrrole nitrogens is 1. The third kappa shape index (κ3) is 3.62. The van der Waals surface area contributed by atoms with Crippen LogP contribution >= 0.6 is 11.6 Å². The zero-order valence-electron chi connectivity index (χ0n) is 12.5. The summed E-state index contributed by atoms with van der Waals surface area (Å²) in [5.41, 5.74) is 1.80. The second kappa shape index (κ2) is 6.70. The fourth-order valence-electron chi connectivity index (χ4n) is 2.14. The molecule has 2 N–H and O–H groups in total. The number of nitrogens with zero attached hydrogens (tertiary/aromatic N) is 3. The van der Waals surface area contributed by atoms with Crippen LogP contribution in [0.15, 0.2) is 35.1 Å². The fraction of sp³-hybridized carbons (Fsp3) is 0.267. The summed E-state index contributed by atoms with van der Waals surface area (Å²) in [5, 5.41) is 14.5. The minimum Gasteiger partial charge on any atom is -0.463 e. The Morgan fingerprint density at radius 1 is 1.52 bits per heavy atom. The second-order valence-electron chi connectivity index (χ2n) is 5.08. The largest absolute Gasteiger partial charge is 0.463 e. The smallest absolute Gasteiger partial charge is 0.271 e. The zero-order chi connectivity index (χ0) is 16.2. The summed E-state index contributed by atoms with van der Waals surface area (Å²) in [6, 6.07) is 5.23. The molecule has 3 heterocycles. The first kappa shape index (κ1) is 15.4. The Bertz CT molecular complexity index is 771. The summed E-state index contributed by atoms with van der Waals surface area (Å²) in [7, 11) is 0. The van der Waals surface area contributed by atoms with Crippen LogP contribution in [0.5, 0.6) is 0 Å². The van der Waals surface area contributed by atoms with Crippen molar-refractivity contribution in [3.05, 3.63) is 47.1 Å². The monoisotopic (exact) mass is 333 g/mol. The Labute approximate surface area is 137 Å². The number of halogens is 1. The van der Waals surface area contributed by atoms with Gasteiger partial charge in [-0.3, -0.25) is 14.6 Å². The molecule has 3 aromatic heterocycles. The quantitative estimate of drug-likeness (QED) is 0.679. The topological polar surface area (TPSA) is 88.7 Å². The molecular weight excluding hydrogens is 318 g/mol. The highest BCUT2D eigenvalue weighted by molar-refractivity contribution is 6.31. The molecule has 1 amide bonds. The van der Waals surface area contributed by atoms with Gasteiger partial charge >= 0.3 is 0 Å². The second-order valence-corrected chi connectivity index (χ2v) is 5.49. The Morgan fingerprint density at radius 2 is 2.39 bits per heavy atom. The van der Waals surface area contributed by atoms with Crippen molar-refractivity contribution in [1.29, 1.82) is 0 Å². The first-order chi connectivity index (χ1) is 11.1. The van der Waals surface area contributed by atoms with E-state index in [-0.39, 0.29) is 5.91 Å². The lowest BCUT2D eigenvalue weighted by Gasteiger charge is -2.03. The number of aryl methyl sites for hydroxylation is 2. The molecule has 3 aromatic rings. The molecule has 0 aliphatic rings. The Kier molecular flexibility index (Phi) is 4.47. The SMILES string of the molecule is Cc1nn(CCCNC(=O)c2cc(-c3ccco3)[nH]n2)cc1Cl. The van der Waals surface area contributed by atoms with Gasteiger partial charge in [0.2, 0.25) is 0 Å². The Morgan fingerprint density at radius 3 is 3.09 bits per heavy atom. The Balaban J connectivity index is 1.48. The number of amides is 1. The molecule has 3 rings (SSSR count). The van der Waals surface area contributed by atoms with Gasteiger partial charge in [-0.25, -0.2) is 0 Å². The van der Waals surface area contributed by atoms with Crippen LogP contribution in [0.25, 0.3) is 11.5 Å². The maximum Gasteiger partial charge on any atom is 0.271 e. The van der Waals surface area contributed by atoms with Crippen molar-refractivity contribution in [3.63, 3.8) is 0 Å². The van der Waals surface area contributed by atoms with E-state index >= 15 is 0 Å². The minimum atomic E-state index is -0.228. The van der Waals surface area contributed by atoms with Gasteiger partial charge in [-0.15, -0.1) is 0 Å². The van der Waals surface area contributed by atoms with Crippen LogP contribution in [0, 0.1) is 6.92 Å². The lowest BCUT2D eigenvalue weighted by atomic mass is 10.3. The summed E-state index contributed by atoms with van der Waals surface area (Å²) >= 11 is 5.94. The third-order valence-corrected chi connectivity index (χ3v) is 3.70. The number of hydrogen-bond donors (Lipinski definition) is 2. The maximum absolute atomic E-state index is 12.0. The van der Waals surface area contributed by atoms with E-state index in [9.17, 15) is 4.79 Å². The molecule has 0 aliphatic heterocycles. The molecule has 0 atom stereocenters. The van der Waals surface area contributed by atoms with Gasteiger partial charge in [-0.2, -0.15) is 10.2 Å². The maximum atomic E-state index is 12.0. The van der Waals surface area contributed by atoms with Gasteiger partial charge in [0.25, 0.3) is 5.91 Å². The van der Waals surface area contributed by atoms with E-state index in [0.29, 0.717) is 35.3 Å². The first-order valence-electron chi connectivity index (χ1n) is 7.20. The fourth-order valence-corrected chi connectivity index (χ4v) is 2.29. The van der Waals surface area contributed by atoms with E-state index in [1.54, 1.807) is 35.3 Å². The molecule has 0 spiro atoms. The van der Waals surface area contributed by atoms with Crippen molar-refractivity contribution in [2.24, 2.45) is 0 Å². The molecule has 0 saturated carbocycles. The van der Waals surface area contributed by atoms with Gasteiger partial charge in [0.1, 0.15) is 5.69 Å². The van der Waals surface area contributed by atoms with Crippen molar-refractivity contribution in [1.82, 2.24) is 25.3 Å². The van der Waals surface area contributed by atoms with Gasteiger partial charge in [0, 0.05) is 25.4 Å². The van der Waals surface area contributed by atoms with Crippen molar-refractivity contribution >= 4 is 17.5 Å². The van der Waals surface area contributed by atoms with E-state index in [1.807, 2.05) is 6.92 Å². The molecule has 0 saturated heterocycles. The normalized spacial score (nSPS) is 10.9. The minimum absolute atomic E-state index is 0.228. The predicted molar refractivity (Wildman–Crippen MR) is 85.2 cm³/mol. The molecule has 0 fully saturated rings. The van der Waals surface area contributed by atoms with Crippen LogP contribution in [0.3, 0.4) is 0 Å². The van der Waals surface area contributed by atoms with Crippen molar-refractivity contribution in [3.8, 4) is 11.5 Å². The van der Waals surface area contributed by atoms with Gasteiger partial charge in [-0.05, 0) is 25.5 Å². The summed E-state index contributed by atoms with van der Waals surface area (Å²) in [5.74, 6) is 0.413. The molecular formula is C15H16ClN5O2. The van der Waals surface area contributed by atoms with Gasteiger partial charge in [0.15, 0.2) is 11.5 Å². The number of aromatic nitrogens is 4. The standard InChI is InChI=1S/C15H16ClN5O2/c1-10-11(16)9-21(20-10)6-3-5-17-15(22)13-8-12(18-19-13)14-4-2-7-23-14/h2,4,7-9H,3,5-6H2,1H3,(H,17,22)(H,18,19). The van der Waals surface area contributed by atoms with Gasteiger partial charge in [-0.1, -0.05) is 11.6 Å². The van der Waals surface area contributed by atoms with Crippen molar-refractivity contribution < 1.29 is 9.21 Å². The van der Waals surface area contributed by atoms with Crippen LogP contribution < -0.4 is 5.32 Å². The highest BCUT2D eigenvalue weighted by atomic mass is 35.5. The molecule has 8 heteroatoms. The number of nitrogens with one attached hydrogen (secondary N) is 2. The number of rotatable bonds is 6. The molecule has 0 unspecified atom stereocenters. The lowest BCUT2D eigenvalue weighted by Crippen LogP contribution is -2.25. The molecule has 7 nitrogen and oxygen atoms in total. The molecule has 120 valence electrons. The van der Waals surface area contributed by atoms with E-state index in [4.69, 9.17) is 16.0 Å². The molecule has 0 radical (unpaired) electrons. The first-order valence-corrected chi connectivity index (χ1v) is 7.58. The van der Waals surface area contributed by atoms with E-state index < -0.39 is 0 Å².